The quantitative estimate of drug-likeness (QED) is 0.392. The summed E-state index contributed by atoms with van der Waals surface area (Å²) in [7, 11) is 0. The highest BCUT2D eigenvalue weighted by atomic mass is 32.2. The van der Waals surface area contributed by atoms with E-state index in [1.807, 2.05) is 6.26 Å². The molecule has 0 saturated carbocycles. The van der Waals surface area contributed by atoms with Gasteiger partial charge in [0.05, 0.1) is 16.5 Å². The Bertz CT molecular complexity index is 1390. The lowest BCUT2D eigenvalue weighted by Gasteiger charge is -2.23. The maximum atomic E-state index is 13.2. The van der Waals surface area contributed by atoms with Crippen molar-refractivity contribution in [1.82, 2.24) is 24.5 Å². The van der Waals surface area contributed by atoms with Crippen LogP contribution in [0.15, 0.2) is 30.6 Å². The predicted octanol–water partition coefficient (Wildman–Crippen LogP) is 4.55. The van der Waals surface area contributed by atoms with E-state index in [1.54, 1.807) is 58.2 Å². The van der Waals surface area contributed by atoms with Crippen LogP contribution in [0.25, 0.3) is 15.9 Å². The number of hydrogen-bond donors (Lipinski definition) is 0. The molecule has 4 heterocycles. The second-order valence-corrected chi connectivity index (χ2v) is 10.9. The van der Waals surface area contributed by atoms with Crippen LogP contribution in [0.5, 0.6) is 0 Å². The van der Waals surface area contributed by atoms with Gasteiger partial charge in [-0.05, 0) is 61.3 Å². The molecule has 0 N–H and O–H groups in total. The molecular weight excluding hydrogens is 454 g/mol. The summed E-state index contributed by atoms with van der Waals surface area (Å²) >= 11 is 3.43. The first-order valence-electron chi connectivity index (χ1n) is 11.2. The van der Waals surface area contributed by atoms with Crippen molar-refractivity contribution in [3.8, 4) is 0 Å². The molecule has 1 aliphatic heterocycles. The number of thioether (sulfide) groups is 1. The van der Waals surface area contributed by atoms with E-state index in [1.165, 1.54) is 15.3 Å². The molecule has 2 atom stereocenters. The van der Waals surface area contributed by atoms with E-state index in [0.29, 0.717) is 29.3 Å². The van der Waals surface area contributed by atoms with E-state index in [2.05, 4.69) is 11.9 Å². The minimum Gasteiger partial charge on any atom is -0.269 e. The number of rotatable bonds is 5. The second-order valence-electron chi connectivity index (χ2n) is 8.84. The first-order chi connectivity index (χ1) is 16.1. The van der Waals surface area contributed by atoms with Crippen LogP contribution in [0.3, 0.4) is 0 Å². The van der Waals surface area contributed by atoms with Gasteiger partial charge in [0, 0.05) is 4.88 Å². The molecule has 1 aliphatic carbocycles. The zero-order valence-electron chi connectivity index (χ0n) is 18.4. The number of hydrogen-bond acceptors (Lipinski definition) is 7. The molecule has 0 radical (unpaired) electrons. The number of nitrogens with zero attached hydrogens (tertiary/aromatic N) is 5. The Kier molecular flexibility index (Phi) is 4.99. The van der Waals surface area contributed by atoms with Crippen molar-refractivity contribution >= 4 is 50.8 Å². The number of fused-ring (bicyclic) bond motifs is 6. The van der Waals surface area contributed by atoms with E-state index in [9.17, 15) is 9.59 Å². The number of aromatic nitrogens is 4. The van der Waals surface area contributed by atoms with Crippen LogP contribution in [0.2, 0.25) is 0 Å². The number of carbonyl (C=O) groups excluding carboxylic acids is 2. The van der Waals surface area contributed by atoms with Gasteiger partial charge in [-0.3, -0.25) is 14.5 Å². The molecule has 0 bridgehead atoms. The van der Waals surface area contributed by atoms with Gasteiger partial charge in [0.1, 0.15) is 17.2 Å². The summed E-state index contributed by atoms with van der Waals surface area (Å²) in [4.78, 5) is 39.8. The summed E-state index contributed by atoms with van der Waals surface area (Å²) in [5.41, 5.74) is 3.01. The van der Waals surface area contributed by atoms with Gasteiger partial charge in [0.15, 0.2) is 11.5 Å². The van der Waals surface area contributed by atoms with Crippen LogP contribution < -0.4 is 0 Å². The Morgan fingerprint density at radius 1 is 1.21 bits per heavy atom. The molecule has 9 heteroatoms. The van der Waals surface area contributed by atoms with E-state index >= 15 is 0 Å². The fourth-order valence-corrected chi connectivity index (χ4v) is 6.80. The lowest BCUT2D eigenvalue weighted by atomic mass is 9.89. The van der Waals surface area contributed by atoms with E-state index in [0.717, 1.165) is 40.9 Å². The Morgan fingerprint density at radius 3 is 2.70 bits per heavy atom. The third-order valence-electron chi connectivity index (χ3n) is 6.68. The number of benzene rings is 1. The fourth-order valence-electron chi connectivity index (χ4n) is 4.99. The predicted molar refractivity (Wildman–Crippen MR) is 130 cm³/mol. The Hall–Kier alpha value is -2.78. The molecule has 33 heavy (non-hydrogen) atoms. The third kappa shape index (κ3) is 3.20. The van der Waals surface area contributed by atoms with Crippen molar-refractivity contribution in [2.45, 2.75) is 38.6 Å². The van der Waals surface area contributed by atoms with E-state index in [-0.39, 0.29) is 11.8 Å². The summed E-state index contributed by atoms with van der Waals surface area (Å²) in [5, 5.41) is 5.81. The smallest absolute Gasteiger partial charge is 0.262 e. The van der Waals surface area contributed by atoms with Crippen molar-refractivity contribution in [2.24, 2.45) is 5.92 Å². The molecule has 6 rings (SSSR count). The maximum Gasteiger partial charge on any atom is 0.262 e. The molecule has 168 valence electrons. The van der Waals surface area contributed by atoms with Gasteiger partial charge < -0.3 is 0 Å². The van der Waals surface area contributed by atoms with Crippen LogP contribution in [0.4, 0.5) is 0 Å². The van der Waals surface area contributed by atoms with Gasteiger partial charge in [-0.2, -0.15) is 11.8 Å². The molecule has 2 unspecified atom stereocenters. The molecule has 4 aromatic rings. The summed E-state index contributed by atoms with van der Waals surface area (Å²) in [6.45, 7) is 2.30. The molecule has 2 amide bonds. The summed E-state index contributed by atoms with van der Waals surface area (Å²) in [6, 6.07) is 6.48. The average Bonchev–Trinajstić information content (AvgIpc) is 3.47. The highest BCUT2D eigenvalue weighted by molar-refractivity contribution is 7.98. The standard InChI is InChI=1S/C24H23N5O2S2/c1-13-7-8-16-18(11-13)33-22-19(16)21-26-20(27-28(21)12-25-22)17(9-10-32-2)29-23(30)14-5-3-4-6-15(14)24(29)31/h3-6,12-13,17H,7-11H2,1-2H3. The monoisotopic (exact) mass is 477 g/mol. The zero-order valence-corrected chi connectivity index (χ0v) is 20.1. The van der Waals surface area contributed by atoms with Crippen molar-refractivity contribution in [1.29, 1.82) is 0 Å². The zero-order chi connectivity index (χ0) is 22.7. The molecular formula is C24H23N5O2S2. The lowest BCUT2D eigenvalue weighted by molar-refractivity contribution is 0.0571. The van der Waals surface area contributed by atoms with Crippen molar-refractivity contribution in [3.63, 3.8) is 0 Å². The Labute approximate surface area is 199 Å². The van der Waals surface area contributed by atoms with Crippen molar-refractivity contribution < 1.29 is 9.59 Å². The largest absolute Gasteiger partial charge is 0.269 e. The topological polar surface area (TPSA) is 80.5 Å². The minimum absolute atomic E-state index is 0.272. The molecule has 0 fully saturated rings. The first kappa shape index (κ1) is 20.8. The Morgan fingerprint density at radius 2 is 1.97 bits per heavy atom. The average molecular weight is 478 g/mol. The molecule has 1 aromatic carbocycles. The summed E-state index contributed by atoms with van der Waals surface area (Å²) < 4.78 is 1.72. The van der Waals surface area contributed by atoms with Gasteiger partial charge in [-0.25, -0.2) is 14.5 Å². The second kappa shape index (κ2) is 7.92. The Balaban J connectivity index is 1.48. The lowest BCUT2D eigenvalue weighted by Crippen LogP contribution is -2.35. The first-order valence-corrected chi connectivity index (χ1v) is 13.4. The summed E-state index contributed by atoms with van der Waals surface area (Å²) in [6.07, 6.45) is 7.57. The molecule has 7 nitrogen and oxygen atoms in total. The van der Waals surface area contributed by atoms with Gasteiger partial charge in [-0.1, -0.05) is 19.1 Å². The van der Waals surface area contributed by atoms with Crippen molar-refractivity contribution in [3.05, 3.63) is 58.0 Å². The van der Waals surface area contributed by atoms with Crippen molar-refractivity contribution in [2.75, 3.05) is 12.0 Å². The van der Waals surface area contributed by atoms with Crippen LogP contribution in [-0.2, 0) is 12.8 Å². The number of carbonyl (C=O) groups is 2. The van der Waals surface area contributed by atoms with Crippen LogP contribution in [0.1, 0.15) is 62.8 Å². The van der Waals surface area contributed by atoms with E-state index in [4.69, 9.17) is 10.1 Å². The van der Waals surface area contributed by atoms with Crippen LogP contribution in [-0.4, -0.2) is 48.3 Å². The van der Waals surface area contributed by atoms with E-state index < -0.39 is 6.04 Å². The van der Waals surface area contributed by atoms with Crippen LogP contribution >= 0.6 is 23.1 Å². The molecule has 3 aromatic heterocycles. The number of amides is 2. The molecule has 0 saturated heterocycles. The maximum absolute atomic E-state index is 13.2. The highest BCUT2D eigenvalue weighted by Crippen LogP contribution is 2.39. The SMILES string of the molecule is CSCCC(c1nc2c3c4c(sc3ncn2n1)CC(C)CC4)N1C(=O)c2ccccc2C1=O. The van der Waals surface area contributed by atoms with Gasteiger partial charge in [0.2, 0.25) is 0 Å². The number of aryl methyl sites for hydroxylation is 1. The minimum atomic E-state index is -0.519. The highest BCUT2D eigenvalue weighted by Gasteiger charge is 2.41. The molecule has 0 spiro atoms. The summed E-state index contributed by atoms with van der Waals surface area (Å²) in [5.74, 6) is 1.42. The number of thiophene rings is 1. The fraction of sp³-hybridized carbons (Fsp3) is 0.375. The van der Waals surface area contributed by atoms with Gasteiger partial charge >= 0.3 is 0 Å². The van der Waals surface area contributed by atoms with Gasteiger partial charge in [0.25, 0.3) is 11.8 Å². The van der Waals surface area contributed by atoms with Crippen LogP contribution in [0, 0.1) is 5.92 Å². The normalized spacial score (nSPS) is 18.8. The third-order valence-corrected chi connectivity index (χ3v) is 8.49. The molecule has 2 aliphatic rings. The number of imide groups is 1. The van der Waals surface area contributed by atoms with Gasteiger partial charge in [-0.15, -0.1) is 16.4 Å².